The Balaban J connectivity index is 2.23. The molecule has 0 spiro atoms. The lowest BCUT2D eigenvalue weighted by Gasteiger charge is -2.03. The van der Waals surface area contributed by atoms with E-state index in [4.69, 9.17) is 5.73 Å². The molecular formula is C13H12F3N5O. The van der Waals surface area contributed by atoms with Crippen molar-refractivity contribution in [2.45, 2.75) is 19.6 Å². The van der Waals surface area contributed by atoms with E-state index < -0.39 is 18.6 Å². The van der Waals surface area contributed by atoms with Crippen LogP contribution in [0.5, 0.6) is 0 Å². The number of alkyl halides is 3. The zero-order valence-electron chi connectivity index (χ0n) is 11.5. The fourth-order valence-electron chi connectivity index (χ4n) is 1.85. The molecule has 0 bridgehead atoms. The second kappa shape index (κ2) is 5.93. The van der Waals surface area contributed by atoms with Crippen molar-refractivity contribution in [2.24, 2.45) is 0 Å². The van der Waals surface area contributed by atoms with E-state index in [2.05, 4.69) is 21.8 Å². The maximum atomic E-state index is 12.0. The average Bonchev–Trinajstić information content (AvgIpc) is 2.81. The van der Waals surface area contributed by atoms with E-state index in [1.54, 1.807) is 16.1 Å². The maximum Gasteiger partial charge on any atom is 0.471 e. The minimum absolute atomic E-state index is 0.237. The summed E-state index contributed by atoms with van der Waals surface area (Å²) in [6.45, 7) is 2.10. The van der Waals surface area contributed by atoms with E-state index in [9.17, 15) is 18.0 Å². The van der Waals surface area contributed by atoms with Crippen LogP contribution in [0.15, 0.2) is 12.5 Å². The highest BCUT2D eigenvalue weighted by Gasteiger charge is 2.38. The van der Waals surface area contributed by atoms with E-state index >= 15 is 0 Å². The van der Waals surface area contributed by atoms with E-state index in [0.717, 1.165) is 0 Å². The fraction of sp³-hybridized carbons (Fsp3) is 0.308. The van der Waals surface area contributed by atoms with Crippen molar-refractivity contribution in [2.75, 3.05) is 12.3 Å². The highest BCUT2D eigenvalue weighted by molar-refractivity contribution is 5.92. The van der Waals surface area contributed by atoms with Crippen LogP contribution >= 0.6 is 0 Å². The second-order valence-corrected chi connectivity index (χ2v) is 4.27. The van der Waals surface area contributed by atoms with Gasteiger partial charge in [-0.1, -0.05) is 11.8 Å². The third kappa shape index (κ3) is 3.11. The normalized spacial score (nSPS) is 11.1. The molecule has 0 aliphatic carbocycles. The van der Waals surface area contributed by atoms with Gasteiger partial charge in [0.2, 0.25) is 0 Å². The van der Waals surface area contributed by atoms with Gasteiger partial charge in [-0.05, 0) is 6.92 Å². The highest BCUT2D eigenvalue weighted by Crippen LogP contribution is 2.22. The predicted molar refractivity (Wildman–Crippen MR) is 73.6 cm³/mol. The van der Waals surface area contributed by atoms with Crippen molar-refractivity contribution < 1.29 is 18.0 Å². The Morgan fingerprint density at radius 1 is 1.45 bits per heavy atom. The Hall–Kier alpha value is -2.76. The lowest BCUT2D eigenvalue weighted by molar-refractivity contribution is -0.173. The minimum atomic E-state index is -4.92. The van der Waals surface area contributed by atoms with Crippen molar-refractivity contribution in [3.05, 3.63) is 18.1 Å². The summed E-state index contributed by atoms with van der Waals surface area (Å²) in [7, 11) is 0. The molecule has 116 valence electrons. The summed E-state index contributed by atoms with van der Waals surface area (Å²) >= 11 is 0. The monoisotopic (exact) mass is 311 g/mol. The van der Waals surface area contributed by atoms with Gasteiger partial charge in [-0.25, -0.2) is 9.97 Å². The van der Waals surface area contributed by atoms with Gasteiger partial charge in [-0.15, -0.1) is 0 Å². The summed E-state index contributed by atoms with van der Waals surface area (Å²) in [5, 5.41) is 2.21. The van der Waals surface area contributed by atoms with E-state index in [-0.39, 0.29) is 5.82 Å². The van der Waals surface area contributed by atoms with Crippen LogP contribution in [0.4, 0.5) is 19.0 Å². The molecule has 0 atom stereocenters. The molecule has 2 aromatic rings. The van der Waals surface area contributed by atoms with E-state index in [1.165, 1.54) is 6.33 Å². The van der Waals surface area contributed by atoms with Crippen LogP contribution in [0, 0.1) is 11.8 Å². The number of aryl methyl sites for hydroxylation is 1. The predicted octanol–water partition coefficient (Wildman–Crippen LogP) is 1.06. The zero-order chi connectivity index (χ0) is 16.3. The van der Waals surface area contributed by atoms with Gasteiger partial charge in [0.15, 0.2) is 0 Å². The van der Waals surface area contributed by atoms with Gasteiger partial charge < -0.3 is 15.6 Å². The summed E-state index contributed by atoms with van der Waals surface area (Å²) in [6.07, 6.45) is -1.91. The molecule has 0 fully saturated rings. The molecule has 0 radical (unpaired) electrons. The number of hydrogen-bond acceptors (Lipinski definition) is 4. The SMILES string of the molecule is CCn1cc(C#CCNC(=O)C(F)(F)F)c2c(N)ncnc21. The molecule has 1 amide bonds. The minimum Gasteiger partial charge on any atom is -0.383 e. The summed E-state index contributed by atoms with van der Waals surface area (Å²) in [4.78, 5) is 18.6. The Bertz CT molecular complexity index is 770. The van der Waals surface area contributed by atoms with Crippen molar-refractivity contribution in [3.8, 4) is 11.8 Å². The summed E-state index contributed by atoms with van der Waals surface area (Å²) in [6, 6.07) is 0. The van der Waals surface area contributed by atoms with Crippen molar-refractivity contribution in [1.82, 2.24) is 19.9 Å². The van der Waals surface area contributed by atoms with Gasteiger partial charge in [0.05, 0.1) is 17.5 Å². The van der Waals surface area contributed by atoms with Gasteiger partial charge in [-0.2, -0.15) is 13.2 Å². The molecule has 0 aliphatic rings. The molecule has 0 unspecified atom stereocenters. The van der Waals surface area contributed by atoms with Crippen molar-refractivity contribution >= 4 is 22.8 Å². The number of halogens is 3. The van der Waals surface area contributed by atoms with Gasteiger partial charge >= 0.3 is 12.1 Å². The smallest absolute Gasteiger partial charge is 0.383 e. The lowest BCUT2D eigenvalue weighted by Crippen LogP contribution is -2.36. The molecule has 0 saturated carbocycles. The Labute approximate surface area is 123 Å². The summed E-state index contributed by atoms with van der Waals surface area (Å²) in [5.74, 6) is 3.34. The molecule has 0 saturated heterocycles. The first-order chi connectivity index (χ1) is 10.3. The number of aromatic nitrogens is 3. The fourth-order valence-corrected chi connectivity index (χ4v) is 1.85. The van der Waals surface area contributed by atoms with Crippen LogP contribution in [0.2, 0.25) is 0 Å². The number of anilines is 1. The molecule has 2 heterocycles. The van der Waals surface area contributed by atoms with Gasteiger partial charge in [0.1, 0.15) is 17.8 Å². The van der Waals surface area contributed by atoms with E-state index in [0.29, 0.717) is 23.1 Å². The Morgan fingerprint density at radius 3 is 2.82 bits per heavy atom. The molecule has 2 rings (SSSR count). The number of nitrogens with two attached hydrogens (primary N) is 1. The first-order valence-corrected chi connectivity index (χ1v) is 6.27. The quantitative estimate of drug-likeness (QED) is 0.812. The number of carbonyl (C=O) groups is 1. The number of carbonyl (C=O) groups excluding carboxylic acids is 1. The average molecular weight is 311 g/mol. The molecule has 0 aliphatic heterocycles. The van der Waals surface area contributed by atoms with Crippen LogP contribution in [-0.4, -0.2) is 33.2 Å². The van der Waals surface area contributed by atoms with Gasteiger partial charge in [-0.3, -0.25) is 4.79 Å². The second-order valence-electron chi connectivity index (χ2n) is 4.27. The first kappa shape index (κ1) is 15.6. The molecule has 2 aromatic heterocycles. The number of rotatable bonds is 2. The largest absolute Gasteiger partial charge is 0.471 e. The van der Waals surface area contributed by atoms with Crippen LogP contribution < -0.4 is 11.1 Å². The van der Waals surface area contributed by atoms with Gasteiger partial charge in [0, 0.05) is 12.7 Å². The standard InChI is InChI=1S/C13H12F3N5O/c1-2-21-6-8(9-10(17)19-7-20-11(9)21)4-3-5-18-12(22)13(14,15)16/h6-7H,2,5H2,1H3,(H,18,22)(H2,17,19,20). The van der Waals surface area contributed by atoms with Crippen LogP contribution in [0.3, 0.4) is 0 Å². The summed E-state index contributed by atoms with van der Waals surface area (Å²) in [5.41, 5.74) is 6.88. The third-order valence-electron chi connectivity index (χ3n) is 2.84. The molecule has 0 aromatic carbocycles. The maximum absolute atomic E-state index is 12.0. The third-order valence-corrected chi connectivity index (χ3v) is 2.84. The Morgan fingerprint density at radius 2 is 2.18 bits per heavy atom. The number of nitrogens with zero attached hydrogens (tertiary/aromatic N) is 3. The van der Waals surface area contributed by atoms with Crippen molar-refractivity contribution in [3.63, 3.8) is 0 Å². The van der Waals surface area contributed by atoms with E-state index in [1.807, 2.05) is 6.92 Å². The molecule has 22 heavy (non-hydrogen) atoms. The molecule has 3 N–H and O–H groups in total. The number of nitrogen functional groups attached to an aromatic ring is 1. The van der Waals surface area contributed by atoms with Crippen molar-refractivity contribution in [1.29, 1.82) is 0 Å². The molecular weight excluding hydrogens is 299 g/mol. The lowest BCUT2D eigenvalue weighted by atomic mass is 10.2. The van der Waals surface area contributed by atoms with Crippen LogP contribution in [0.25, 0.3) is 11.0 Å². The topological polar surface area (TPSA) is 85.8 Å². The molecule has 9 heteroatoms. The first-order valence-electron chi connectivity index (χ1n) is 6.27. The number of nitrogens with one attached hydrogen (secondary N) is 1. The highest BCUT2D eigenvalue weighted by atomic mass is 19.4. The zero-order valence-corrected chi connectivity index (χ0v) is 11.5. The summed E-state index contributed by atoms with van der Waals surface area (Å²) < 4.78 is 37.8. The number of amides is 1. The van der Waals surface area contributed by atoms with Gasteiger partial charge in [0.25, 0.3) is 0 Å². The Kier molecular flexibility index (Phi) is 4.21. The number of hydrogen-bond donors (Lipinski definition) is 2. The number of fused-ring (bicyclic) bond motifs is 1. The molecule has 6 nitrogen and oxygen atoms in total. The van der Waals surface area contributed by atoms with Crippen LogP contribution in [0.1, 0.15) is 12.5 Å². The van der Waals surface area contributed by atoms with Crippen LogP contribution in [-0.2, 0) is 11.3 Å².